The molecule has 4 aromatic rings. The van der Waals surface area contributed by atoms with Crippen molar-refractivity contribution in [1.82, 2.24) is 19.8 Å². The van der Waals surface area contributed by atoms with Crippen LogP contribution in [0.25, 0.3) is 17.0 Å². The maximum absolute atomic E-state index is 13.6. The summed E-state index contributed by atoms with van der Waals surface area (Å²) in [5.74, 6) is 1.31. The number of halogens is 1. The van der Waals surface area contributed by atoms with Gasteiger partial charge in [0.1, 0.15) is 11.6 Å². The normalized spacial score (nSPS) is 15.3. The van der Waals surface area contributed by atoms with Gasteiger partial charge in [0.05, 0.1) is 0 Å². The zero-order chi connectivity index (χ0) is 17.6. The third-order valence-electron chi connectivity index (χ3n) is 4.94. The van der Waals surface area contributed by atoms with Crippen molar-refractivity contribution in [3.8, 4) is 11.4 Å². The van der Waals surface area contributed by atoms with E-state index >= 15 is 0 Å². The second-order valence-electron chi connectivity index (χ2n) is 6.67. The lowest BCUT2D eigenvalue weighted by Gasteiger charge is -2.17. The topological polar surface area (TPSA) is 55.1 Å². The summed E-state index contributed by atoms with van der Waals surface area (Å²) < 4.78 is 15.3. The minimum absolute atomic E-state index is 0.00210. The SMILES string of the molecule is Fc1cccc(C2(CNc3ccc4nnc(-c5ccsc5)n4n3)CC2)c1. The van der Waals surface area contributed by atoms with Gasteiger partial charge in [0.25, 0.3) is 0 Å². The first-order valence-corrected chi connectivity index (χ1v) is 9.43. The first kappa shape index (κ1) is 15.5. The number of aromatic nitrogens is 4. The minimum Gasteiger partial charge on any atom is -0.368 e. The van der Waals surface area contributed by atoms with Gasteiger partial charge in [-0.1, -0.05) is 12.1 Å². The predicted octanol–water partition coefficient (Wildman–Crippen LogP) is 4.14. The summed E-state index contributed by atoms with van der Waals surface area (Å²) in [6.07, 6.45) is 2.11. The van der Waals surface area contributed by atoms with Crippen molar-refractivity contribution in [3.63, 3.8) is 0 Å². The number of benzene rings is 1. The fraction of sp³-hybridized carbons (Fsp3) is 0.211. The Hall–Kier alpha value is -2.80. The van der Waals surface area contributed by atoms with Gasteiger partial charge in [0.15, 0.2) is 11.5 Å². The molecule has 0 aliphatic heterocycles. The first-order valence-electron chi connectivity index (χ1n) is 8.49. The maximum atomic E-state index is 13.6. The standard InChI is InChI=1S/C19H16FN5S/c20-15-3-1-2-14(10-15)19(7-8-19)12-21-16-4-5-17-22-23-18(25(17)24-16)13-6-9-26-11-13/h1-6,9-11H,7-8,12H2,(H,21,24). The molecule has 1 saturated carbocycles. The van der Waals surface area contributed by atoms with Gasteiger partial charge in [-0.3, -0.25) is 0 Å². The van der Waals surface area contributed by atoms with Gasteiger partial charge >= 0.3 is 0 Å². The molecule has 1 aromatic carbocycles. The Kier molecular flexibility index (Phi) is 3.49. The van der Waals surface area contributed by atoms with Crippen molar-refractivity contribution in [3.05, 3.63) is 64.6 Å². The van der Waals surface area contributed by atoms with Crippen LogP contribution < -0.4 is 5.32 Å². The first-order chi connectivity index (χ1) is 12.7. The summed E-state index contributed by atoms with van der Waals surface area (Å²) >= 11 is 1.62. The number of nitrogens with one attached hydrogen (secondary N) is 1. The summed E-state index contributed by atoms with van der Waals surface area (Å²) in [7, 11) is 0. The van der Waals surface area contributed by atoms with E-state index in [-0.39, 0.29) is 11.2 Å². The van der Waals surface area contributed by atoms with Crippen molar-refractivity contribution in [2.24, 2.45) is 0 Å². The molecule has 0 unspecified atom stereocenters. The molecule has 0 bridgehead atoms. The number of hydrogen-bond acceptors (Lipinski definition) is 5. The molecule has 7 heteroatoms. The quantitative estimate of drug-likeness (QED) is 0.578. The van der Waals surface area contributed by atoms with Crippen molar-refractivity contribution in [2.75, 3.05) is 11.9 Å². The average Bonchev–Trinajstić information content (AvgIpc) is 3.05. The number of thiophene rings is 1. The summed E-state index contributed by atoms with van der Waals surface area (Å²) in [6.45, 7) is 0.727. The number of nitrogens with zero attached hydrogens (tertiary/aromatic N) is 4. The van der Waals surface area contributed by atoms with E-state index in [0.717, 1.165) is 42.2 Å². The van der Waals surface area contributed by atoms with Crippen molar-refractivity contribution in [2.45, 2.75) is 18.3 Å². The Morgan fingerprint density at radius 1 is 1.15 bits per heavy atom. The third kappa shape index (κ3) is 2.64. The highest BCUT2D eigenvalue weighted by molar-refractivity contribution is 7.08. The Bertz CT molecular complexity index is 1070. The van der Waals surface area contributed by atoms with Gasteiger partial charge in [-0.2, -0.15) is 15.9 Å². The van der Waals surface area contributed by atoms with Crippen LogP contribution in [-0.4, -0.2) is 26.4 Å². The number of anilines is 1. The molecule has 3 aromatic heterocycles. The monoisotopic (exact) mass is 365 g/mol. The lowest BCUT2D eigenvalue weighted by atomic mass is 9.96. The minimum atomic E-state index is -0.182. The smallest absolute Gasteiger partial charge is 0.186 e. The highest BCUT2D eigenvalue weighted by Crippen LogP contribution is 2.48. The third-order valence-corrected chi connectivity index (χ3v) is 5.62. The fourth-order valence-electron chi connectivity index (χ4n) is 3.25. The Morgan fingerprint density at radius 2 is 2.08 bits per heavy atom. The van der Waals surface area contributed by atoms with Gasteiger partial charge in [0.2, 0.25) is 0 Å². The van der Waals surface area contributed by atoms with E-state index in [1.165, 1.54) is 6.07 Å². The highest BCUT2D eigenvalue weighted by atomic mass is 32.1. The number of rotatable bonds is 5. The summed E-state index contributed by atoms with van der Waals surface area (Å²) in [5, 5.41) is 20.5. The molecular formula is C19H16FN5S. The predicted molar refractivity (Wildman–Crippen MR) is 99.9 cm³/mol. The Morgan fingerprint density at radius 3 is 2.85 bits per heavy atom. The zero-order valence-corrected chi connectivity index (χ0v) is 14.7. The average molecular weight is 365 g/mol. The molecule has 0 spiro atoms. The van der Waals surface area contributed by atoms with Gasteiger partial charge in [-0.25, -0.2) is 4.39 Å². The summed E-state index contributed by atoms with van der Waals surface area (Å²) in [4.78, 5) is 0. The lowest BCUT2D eigenvalue weighted by Crippen LogP contribution is -2.20. The van der Waals surface area contributed by atoms with Crippen LogP contribution in [0.2, 0.25) is 0 Å². The molecule has 5 nitrogen and oxygen atoms in total. The second-order valence-corrected chi connectivity index (χ2v) is 7.45. The zero-order valence-electron chi connectivity index (χ0n) is 13.9. The lowest BCUT2D eigenvalue weighted by molar-refractivity contribution is 0.618. The summed E-state index contributed by atoms with van der Waals surface area (Å²) in [5.41, 5.74) is 2.77. The van der Waals surface area contributed by atoms with Crippen LogP contribution in [-0.2, 0) is 5.41 Å². The fourth-order valence-corrected chi connectivity index (χ4v) is 3.89. The van der Waals surface area contributed by atoms with Crippen LogP contribution in [0.5, 0.6) is 0 Å². The molecule has 26 heavy (non-hydrogen) atoms. The van der Waals surface area contributed by atoms with Crippen LogP contribution in [0.15, 0.2) is 53.2 Å². The van der Waals surface area contributed by atoms with Crippen molar-refractivity contribution < 1.29 is 4.39 Å². The Labute approximate surface area is 153 Å². The van der Waals surface area contributed by atoms with Gasteiger partial charge in [0, 0.05) is 22.9 Å². The summed E-state index contributed by atoms with van der Waals surface area (Å²) in [6, 6.07) is 12.7. The molecule has 0 atom stereocenters. The molecule has 1 fully saturated rings. The van der Waals surface area contributed by atoms with E-state index < -0.39 is 0 Å². The molecule has 5 rings (SSSR count). The molecular weight excluding hydrogens is 349 g/mol. The van der Waals surface area contributed by atoms with Crippen LogP contribution in [0.3, 0.4) is 0 Å². The molecule has 1 aliphatic rings. The molecule has 1 N–H and O–H groups in total. The van der Waals surface area contributed by atoms with Gasteiger partial charge in [-0.05, 0) is 54.1 Å². The van der Waals surface area contributed by atoms with E-state index in [0.29, 0.717) is 5.65 Å². The number of fused-ring (bicyclic) bond motifs is 1. The Balaban J connectivity index is 1.41. The van der Waals surface area contributed by atoms with Crippen LogP contribution in [0, 0.1) is 5.82 Å². The van der Waals surface area contributed by atoms with E-state index in [4.69, 9.17) is 0 Å². The van der Waals surface area contributed by atoms with E-state index in [2.05, 4.69) is 20.6 Å². The maximum Gasteiger partial charge on any atom is 0.186 e. The van der Waals surface area contributed by atoms with E-state index in [9.17, 15) is 4.39 Å². The van der Waals surface area contributed by atoms with Gasteiger partial charge < -0.3 is 5.32 Å². The van der Waals surface area contributed by atoms with E-state index in [1.54, 1.807) is 28.0 Å². The largest absolute Gasteiger partial charge is 0.368 e. The molecule has 0 saturated heterocycles. The molecule has 0 radical (unpaired) electrons. The molecule has 130 valence electrons. The van der Waals surface area contributed by atoms with Gasteiger partial charge in [-0.15, -0.1) is 15.3 Å². The van der Waals surface area contributed by atoms with E-state index in [1.807, 2.05) is 35.0 Å². The second kappa shape index (κ2) is 5.88. The van der Waals surface area contributed by atoms with Crippen LogP contribution >= 0.6 is 11.3 Å². The molecule has 0 amide bonds. The van der Waals surface area contributed by atoms with Crippen LogP contribution in [0.1, 0.15) is 18.4 Å². The molecule has 3 heterocycles. The molecule has 1 aliphatic carbocycles. The highest BCUT2D eigenvalue weighted by Gasteiger charge is 2.44. The van der Waals surface area contributed by atoms with Crippen molar-refractivity contribution >= 4 is 22.8 Å². The van der Waals surface area contributed by atoms with Crippen molar-refractivity contribution in [1.29, 1.82) is 0 Å². The number of hydrogen-bond donors (Lipinski definition) is 1. The van der Waals surface area contributed by atoms with Crippen LogP contribution in [0.4, 0.5) is 10.2 Å².